The quantitative estimate of drug-likeness (QED) is 0.309. The zero-order valence-electron chi connectivity index (χ0n) is 6.32. The van der Waals surface area contributed by atoms with Crippen molar-refractivity contribution in [2.24, 2.45) is 0 Å². The summed E-state index contributed by atoms with van der Waals surface area (Å²) in [6, 6.07) is 0. The Bertz CT molecular complexity index is 32.9. The fourth-order valence-electron chi connectivity index (χ4n) is 1.03. The van der Waals surface area contributed by atoms with E-state index in [-0.39, 0.29) is 18.9 Å². The van der Waals surface area contributed by atoms with Crippen LogP contribution in [0, 0.1) is 6.54 Å². The largest absolute Gasteiger partial charge is 1.00 e. The van der Waals surface area contributed by atoms with E-state index in [1.54, 1.807) is 0 Å². The summed E-state index contributed by atoms with van der Waals surface area (Å²) in [5.41, 5.74) is 0. The van der Waals surface area contributed by atoms with E-state index in [1.807, 2.05) is 0 Å². The van der Waals surface area contributed by atoms with Crippen LogP contribution in [0.5, 0.6) is 0 Å². The van der Waals surface area contributed by atoms with Crippen molar-refractivity contribution >= 4 is 0 Å². The molecule has 1 fully saturated rings. The molecular formula is C7H14LiN. The van der Waals surface area contributed by atoms with E-state index >= 15 is 0 Å². The van der Waals surface area contributed by atoms with Gasteiger partial charge in [-0.2, -0.15) is 6.42 Å². The van der Waals surface area contributed by atoms with E-state index < -0.39 is 0 Å². The Morgan fingerprint density at radius 1 is 1.00 bits per heavy atom. The maximum Gasteiger partial charge on any atom is 1.00 e. The molecule has 0 radical (unpaired) electrons. The van der Waals surface area contributed by atoms with Gasteiger partial charge in [-0.15, -0.1) is 0 Å². The van der Waals surface area contributed by atoms with E-state index in [4.69, 9.17) is 0 Å². The minimum Gasteiger partial charge on any atom is -0.470 e. The summed E-state index contributed by atoms with van der Waals surface area (Å²) in [6.07, 6.45) is 6.85. The molecule has 0 aromatic heterocycles. The van der Waals surface area contributed by atoms with Gasteiger partial charge in [0.1, 0.15) is 0 Å². The van der Waals surface area contributed by atoms with Gasteiger partial charge in [0.15, 0.2) is 0 Å². The monoisotopic (exact) mass is 119 g/mol. The van der Waals surface area contributed by atoms with Crippen molar-refractivity contribution < 1.29 is 18.9 Å². The van der Waals surface area contributed by atoms with Crippen LogP contribution in [0.4, 0.5) is 0 Å². The zero-order valence-corrected chi connectivity index (χ0v) is 6.32. The SMILES string of the molecule is [CH-]1CCCCCCN1.[Li+]. The number of nitrogens with one attached hydrogen (secondary N) is 1. The van der Waals surface area contributed by atoms with Gasteiger partial charge < -0.3 is 5.32 Å². The molecular weight excluding hydrogens is 105 g/mol. The van der Waals surface area contributed by atoms with Crippen LogP contribution >= 0.6 is 0 Å². The zero-order chi connectivity index (χ0) is 5.66. The van der Waals surface area contributed by atoms with Gasteiger partial charge in [0.2, 0.25) is 0 Å². The normalized spacial score (nSPS) is 21.3. The van der Waals surface area contributed by atoms with Gasteiger partial charge in [-0.1, -0.05) is 19.3 Å². The smallest absolute Gasteiger partial charge is 0.470 e. The Hall–Kier alpha value is 0.557. The Balaban J connectivity index is 0.000000640. The fraction of sp³-hybridized carbons (Fsp3) is 0.857. The minimum atomic E-state index is 0. The van der Waals surface area contributed by atoms with Crippen molar-refractivity contribution in [2.75, 3.05) is 6.54 Å². The predicted molar refractivity (Wildman–Crippen MR) is 35.4 cm³/mol. The van der Waals surface area contributed by atoms with Crippen molar-refractivity contribution in [3.05, 3.63) is 6.54 Å². The van der Waals surface area contributed by atoms with Gasteiger partial charge >= 0.3 is 18.9 Å². The van der Waals surface area contributed by atoms with Crippen LogP contribution in [0.2, 0.25) is 0 Å². The molecule has 2 heteroatoms. The first-order valence-corrected chi connectivity index (χ1v) is 3.55. The van der Waals surface area contributed by atoms with Gasteiger partial charge in [-0.3, -0.25) is 6.54 Å². The van der Waals surface area contributed by atoms with Gasteiger partial charge in [0.25, 0.3) is 0 Å². The Morgan fingerprint density at radius 2 is 1.78 bits per heavy atom. The maximum absolute atomic E-state index is 3.26. The molecule has 1 saturated heterocycles. The molecule has 0 aliphatic carbocycles. The van der Waals surface area contributed by atoms with E-state index in [0.29, 0.717) is 0 Å². The van der Waals surface area contributed by atoms with Crippen molar-refractivity contribution in [1.29, 1.82) is 0 Å². The van der Waals surface area contributed by atoms with Crippen molar-refractivity contribution in [1.82, 2.24) is 5.32 Å². The number of hydrogen-bond acceptors (Lipinski definition) is 1. The average molecular weight is 119 g/mol. The summed E-state index contributed by atoms with van der Waals surface area (Å²) in [5, 5.41) is 3.26. The molecule has 1 heterocycles. The molecule has 0 atom stereocenters. The molecule has 0 aromatic rings. The maximum atomic E-state index is 3.26. The second-order valence-corrected chi connectivity index (χ2v) is 2.36. The topological polar surface area (TPSA) is 12.0 Å². The van der Waals surface area contributed by atoms with Gasteiger partial charge in [0.05, 0.1) is 0 Å². The average Bonchev–Trinajstić information content (AvgIpc) is 1.62. The summed E-state index contributed by atoms with van der Waals surface area (Å²) in [4.78, 5) is 0. The third kappa shape index (κ3) is 5.02. The summed E-state index contributed by atoms with van der Waals surface area (Å²) >= 11 is 0. The third-order valence-electron chi connectivity index (χ3n) is 1.56. The first-order valence-electron chi connectivity index (χ1n) is 3.55. The number of rotatable bonds is 0. The summed E-state index contributed by atoms with van der Waals surface area (Å²) in [5.74, 6) is 0. The fourth-order valence-corrected chi connectivity index (χ4v) is 1.03. The van der Waals surface area contributed by atoms with E-state index in [9.17, 15) is 0 Å². The predicted octanol–water partition coefficient (Wildman–Crippen LogP) is -1.29. The van der Waals surface area contributed by atoms with E-state index in [0.717, 1.165) is 0 Å². The molecule has 0 amide bonds. The Labute approximate surface area is 69.8 Å². The van der Waals surface area contributed by atoms with Gasteiger partial charge in [-0.05, 0) is 13.0 Å². The second kappa shape index (κ2) is 6.67. The minimum absolute atomic E-state index is 0. The first-order chi connectivity index (χ1) is 4.00. The summed E-state index contributed by atoms with van der Waals surface area (Å²) in [7, 11) is 0. The van der Waals surface area contributed by atoms with Crippen LogP contribution in [-0.2, 0) is 0 Å². The first kappa shape index (κ1) is 9.56. The Kier molecular flexibility index (Phi) is 7.09. The van der Waals surface area contributed by atoms with Crippen LogP contribution in [0.25, 0.3) is 0 Å². The molecule has 1 N–H and O–H groups in total. The van der Waals surface area contributed by atoms with Crippen LogP contribution in [0.1, 0.15) is 32.1 Å². The molecule has 0 aromatic carbocycles. The Morgan fingerprint density at radius 3 is 2.67 bits per heavy atom. The van der Waals surface area contributed by atoms with Crippen LogP contribution in [0.15, 0.2) is 0 Å². The molecule has 48 valence electrons. The van der Waals surface area contributed by atoms with Crippen LogP contribution < -0.4 is 24.2 Å². The molecule has 0 bridgehead atoms. The van der Waals surface area contributed by atoms with Crippen molar-refractivity contribution in [3.8, 4) is 0 Å². The molecule has 0 unspecified atom stereocenters. The van der Waals surface area contributed by atoms with E-state index in [2.05, 4.69) is 11.9 Å². The molecule has 0 saturated carbocycles. The van der Waals surface area contributed by atoms with E-state index in [1.165, 1.54) is 38.6 Å². The van der Waals surface area contributed by atoms with Gasteiger partial charge in [-0.25, -0.2) is 0 Å². The van der Waals surface area contributed by atoms with Crippen molar-refractivity contribution in [3.63, 3.8) is 0 Å². The van der Waals surface area contributed by atoms with Crippen LogP contribution in [-0.4, -0.2) is 6.54 Å². The van der Waals surface area contributed by atoms with Gasteiger partial charge in [0, 0.05) is 0 Å². The molecule has 1 aliphatic rings. The third-order valence-corrected chi connectivity index (χ3v) is 1.56. The summed E-state index contributed by atoms with van der Waals surface area (Å²) < 4.78 is 0. The summed E-state index contributed by atoms with van der Waals surface area (Å²) in [6.45, 7) is 3.39. The molecule has 1 aliphatic heterocycles. The molecule has 1 nitrogen and oxygen atoms in total. The second-order valence-electron chi connectivity index (χ2n) is 2.36. The molecule has 0 spiro atoms. The standard InChI is InChI=1S/C7H14N.Li/c1-2-4-6-8-7-5-3-1;/h6,8H,1-5,7H2;/q-1;+1. The van der Waals surface area contributed by atoms with Crippen LogP contribution in [0.3, 0.4) is 0 Å². The molecule has 1 rings (SSSR count). The van der Waals surface area contributed by atoms with Crippen molar-refractivity contribution in [2.45, 2.75) is 32.1 Å². The molecule has 9 heavy (non-hydrogen) atoms. The number of hydrogen-bond donors (Lipinski definition) is 1.